The molecule has 1 N–H and O–H groups in total. The van der Waals surface area contributed by atoms with Gasteiger partial charge in [0.1, 0.15) is 18.2 Å². The van der Waals surface area contributed by atoms with Crippen molar-refractivity contribution in [2.45, 2.75) is 44.8 Å². The van der Waals surface area contributed by atoms with E-state index in [0.717, 1.165) is 23.2 Å². The van der Waals surface area contributed by atoms with E-state index in [1.165, 1.54) is 28.8 Å². The number of thioether (sulfide) groups is 1. The molecule has 1 aliphatic rings. The number of carbonyl (C=O) groups excluding carboxylic acids is 2. The second kappa shape index (κ2) is 10.6. The molecule has 2 heterocycles. The number of carbonyl (C=O) groups is 2. The number of aromatic nitrogens is 2. The van der Waals surface area contributed by atoms with Crippen LogP contribution in [0.2, 0.25) is 5.02 Å². The quantitative estimate of drug-likeness (QED) is 0.448. The van der Waals surface area contributed by atoms with E-state index >= 15 is 0 Å². The Bertz CT molecular complexity index is 1270. The lowest BCUT2D eigenvalue weighted by Crippen LogP contribution is -2.42. The summed E-state index contributed by atoms with van der Waals surface area (Å²) in [6.07, 6.45) is 0.789. The van der Waals surface area contributed by atoms with Crippen molar-refractivity contribution >= 4 is 41.0 Å². The van der Waals surface area contributed by atoms with Gasteiger partial charge in [0.15, 0.2) is 0 Å². The number of nitrogens with one attached hydrogen (secondary N) is 1. The summed E-state index contributed by atoms with van der Waals surface area (Å²) >= 11 is 8.13. The average molecular weight is 529 g/mol. The molecule has 0 bridgehead atoms. The van der Waals surface area contributed by atoms with Crippen LogP contribution in [0.3, 0.4) is 0 Å². The van der Waals surface area contributed by atoms with Crippen LogP contribution in [-0.4, -0.2) is 40.4 Å². The molecule has 1 aliphatic heterocycles. The largest absolute Gasteiger partial charge is 0.355 e. The molecule has 190 valence electrons. The molecule has 2 aromatic carbocycles. The van der Waals surface area contributed by atoms with Crippen molar-refractivity contribution in [2.75, 3.05) is 23.7 Å². The zero-order chi connectivity index (χ0) is 26.0. The van der Waals surface area contributed by atoms with Gasteiger partial charge in [0.05, 0.1) is 22.4 Å². The third kappa shape index (κ3) is 5.30. The zero-order valence-corrected chi connectivity index (χ0v) is 22.4. The van der Waals surface area contributed by atoms with E-state index in [1.54, 1.807) is 16.8 Å². The van der Waals surface area contributed by atoms with Gasteiger partial charge in [0.2, 0.25) is 11.8 Å². The van der Waals surface area contributed by atoms with Gasteiger partial charge in [-0.2, -0.15) is 5.10 Å². The second-order valence-corrected chi connectivity index (χ2v) is 11.3. The maximum atomic E-state index is 13.8. The summed E-state index contributed by atoms with van der Waals surface area (Å²) in [5, 5.41) is 8.15. The Kier molecular flexibility index (Phi) is 7.76. The van der Waals surface area contributed by atoms with Gasteiger partial charge in [-0.1, -0.05) is 57.5 Å². The van der Waals surface area contributed by atoms with Crippen LogP contribution in [0.15, 0.2) is 48.5 Å². The van der Waals surface area contributed by atoms with Gasteiger partial charge < -0.3 is 5.32 Å². The van der Waals surface area contributed by atoms with E-state index in [-0.39, 0.29) is 40.6 Å². The second-order valence-electron chi connectivity index (χ2n) is 9.77. The molecule has 0 saturated carbocycles. The number of benzene rings is 2. The Morgan fingerprint density at radius 1 is 1.19 bits per heavy atom. The number of amides is 2. The van der Waals surface area contributed by atoms with Gasteiger partial charge in [-0.25, -0.2) is 9.07 Å². The first-order valence-electron chi connectivity index (χ1n) is 11.9. The fourth-order valence-corrected chi connectivity index (χ4v) is 5.78. The minimum atomic E-state index is -0.390. The number of halogens is 2. The highest BCUT2D eigenvalue weighted by molar-refractivity contribution is 8.00. The van der Waals surface area contributed by atoms with Crippen LogP contribution < -0.4 is 10.2 Å². The molecule has 0 fully saturated rings. The monoisotopic (exact) mass is 528 g/mol. The van der Waals surface area contributed by atoms with Crippen molar-refractivity contribution in [3.05, 3.63) is 76.2 Å². The fourth-order valence-electron chi connectivity index (χ4n) is 4.23. The molecule has 1 aromatic heterocycles. The zero-order valence-electron chi connectivity index (χ0n) is 20.8. The maximum absolute atomic E-state index is 13.8. The molecule has 3 aromatic rings. The van der Waals surface area contributed by atoms with Gasteiger partial charge >= 0.3 is 0 Å². The van der Waals surface area contributed by atoms with Crippen LogP contribution in [0.5, 0.6) is 0 Å². The van der Waals surface area contributed by atoms with Crippen molar-refractivity contribution in [1.29, 1.82) is 0 Å². The first-order valence-corrected chi connectivity index (χ1v) is 13.4. The van der Waals surface area contributed by atoms with Crippen molar-refractivity contribution in [2.24, 2.45) is 0 Å². The summed E-state index contributed by atoms with van der Waals surface area (Å²) in [7, 11) is 0. The number of anilines is 1. The Hall–Kier alpha value is -2.84. The molecule has 0 aliphatic carbocycles. The predicted molar refractivity (Wildman–Crippen MR) is 144 cm³/mol. The third-order valence-electron chi connectivity index (χ3n) is 5.93. The molecule has 1 atom stereocenters. The molecule has 2 amide bonds. The van der Waals surface area contributed by atoms with Gasteiger partial charge in [-0.3, -0.25) is 14.5 Å². The average Bonchev–Trinajstić information content (AvgIpc) is 3.17. The van der Waals surface area contributed by atoms with E-state index in [2.05, 4.69) is 26.1 Å². The number of hydrogen-bond acceptors (Lipinski definition) is 4. The highest BCUT2D eigenvalue weighted by atomic mass is 35.5. The van der Waals surface area contributed by atoms with Crippen molar-refractivity contribution < 1.29 is 14.0 Å². The summed E-state index contributed by atoms with van der Waals surface area (Å²) in [4.78, 5) is 27.9. The lowest BCUT2D eigenvalue weighted by molar-refractivity contribution is -0.122. The van der Waals surface area contributed by atoms with Gasteiger partial charge in [-0.05, 0) is 42.3 Å². The van der Waals surface area contributed by atoms with Crippen molar-refractivity contribution in [3.63, 3.8) is 0 Å². The molecule has 4 rings (SSSR count). The molecular formula is C27H30ClFN4O2S. The Balaban J connectivity index is 2.00. The van der Waals surface area contributed by atoms with Crippen molar-refractivity contribution in [3.8, 4) is 5.69 Å². The predicted octanol–water partition coefficient (Wildman–Crippen LogP) is 5.66. The summed E-state index contributed by atoms with van der Waals surface area (Å²) < 4.78 is 15.5. The van der Waals surface area contributed by atoms with Crippen LogP contribution in [-0.2, 0) is 15.0 Å². The van der Waals surface area contributed by atoms with Crippen LogP contribution in [0.1, 0.15) is 56.2 Å². The molecule has 0 radical (unpaired) electrons. The highest BCUT2D eigenvalue weighted by Crippen LogP contribution is 2.49. The van der Waals surface area contributed by atoms with E-state index in [0.29, 0.717) is 23.1 Å². The standard InChI is InChI=1S/C27H30ClFN4O2S/c1-5-14-30-21(34)15-32-22(35)16-36-24(19-8-6-7-9-20(19)28)23-25(27(2,3)4)31-33(26(23)32)18-12-10-17(29)11-13-18/h6-13,24H,5,14-16H2,1-4H3,(H,30,34). The highest BCUT2D eigenvalue weighted by Gasteiger charge is 2.40. The SMILES string of the molecule is CCCNC(=O)CN1C(=O)CSC(c2ccccc2Cl)c2c(C(C)(C)C)nn(-c3ccc(F)cc3)c21. The van der Waals surface area contributed by atoms with Crippen molar-refractivity contribution in [1.82, 2.24) is 15.1 Å². The van der Waals surface area contributed by atoms with Crippen LogP contribution in [0.4, 0.5) is 10.2 Å². The summed E-state index contributed by atoms with van der Waals surface area (Å²) in [5.41, 5.74) is 2.70. The lowest BCUT2D eigenvalue weighted by atomic mass is 9.87. The van der Waals surface area contributed by atoms with Crippen LogP contribution in [0, 0.1) is 5.82 Å². The normalized spacial score (nSPS) is 16.0. The van der Waals surface area contributed by atoms with E-state index in [9.17, 15) is 14.0 Å². The van der Waals surface area contributed by atoms with Crippen LogP contribution >= 0.6 is 23.4 Å². The number of fused-ring (bicyclic) bond motifs is 1. The van der Waals surface area contributed by atoms with E-state index in [1.807, 2.05) is 31.2 Å². The number of rotatable bonds is 6. The smallest absolute Gasteiger partial charge is 0.240 e. The lowest BCUT2D eigenvalue weighted by Gasteiger charge is -2.25. The number of nitrogens with zero attached hydrogens (tertiary/aromatic N) is 3. The Morgan fingerprint density at radius 2 is 1.89 bits per heavy atom. The first kappa shape index (κ1) is 26.2. The molecule has 0 saturated heterocycles. The Labute approximate surface area is 220 Å². The molecule has 36 heavy (non-hydrogen) atoms. The summed E-state index contributed by atoms with van der Waals surface area (Å²) in [6, 6.07) is 13.5. The maximum Gasteiger partial charge on any atom is 0.240 e. The van der Waals surface area contributed by atoms with Gasteiger partial charge in [0, 0.05) is 22.5 Å². The first-order chi connectivity index (χ1) is 17.1. The fraction of sp³-hybridized carbons (Fsp3) is 0.370. The van der Waals surface area contributed by atoms with E-state index in [4.69, 9.17) is 16.7 Å². The molecule has 9 heteroatoms. The third-order valence-corrected chi connectivity index (χ3v) is 7.51. The molecule has 6 nitrogen and oxygen atoms in total. The molecular weight excluding hydrogens is 499 g/mol. The molecule has 1 unspecified atom stereocenters. The van der Waals surface area contributed by atoms with Gasteiger partial charge in [-0.15, -0.1) is 11.8 Å². The number of hydrogen-bond donors (Lipinski definition) is 1. The Morgan fingerprint density at radius 3 is 2.53 bits per heavy atom. The summed E-state index contributed by atoms with van der Waals surface area (Å²) in [6.45, 7) is 8.53. The minimum absolute atomic E-state index is 0.141. The minimum Gasteiger partial charge on any atom is -0.355 e. The van der Waals surface area contributed by atoms with Crippen LogP contribution in [0.25, 0.3) is 5.69 Å². The summed E-state index contributed by atoms with van der Waals surface area (Å²) in [5.74, 6) is -0.145. The topological polar surface area (TPSA) is 67.2 Å². The molecule has 0 spiro atoms. The van der Waals surface area contributed by atoms with E-state index < -0.39 is 0 Å². The van der Waals surface area contributed by atoms with Gasteiger partial charge in [0.25, 0.3) is 0 Å².